The molecule has 23 heavy (non-hydrogen) atoms. The van der Waals surface area contributed by atoms with Gasteiger partial charge < -0.3 is 14.7 Å². The van der Waals surface area contributed by atoms with Crippen LogP contribution in [0, 0.1) is 0 Å². The van der Waals surface area contributed by atoms with E-state index in [0.29, 0.717) is 18.8 Å². The number of aryl methyl sites for hydroxylation is 1. The summed E-state index contributed by atoms with van der Waals surface area (Å²) in [5.74, 6) is 0.796. The van der Waals surface area contributed by atoms with E-state index in [4.69, 9.17) is 4.74 Å². The van der Waals surface area contributed by atoms with Gasteiger partial charge in [0.05, 0.1) is 18.9 Å². The molecule has 6 nitrogen and oxygen atoms in total. The molecule has 2 atom stereocenters. The fourth-order valence-electron chi connectivity index (χ4n) is 3.39. The van der Waals surface area contributed by atoms with E-state index in [0.717, 1.165) is 43.9 Å². The fraction of sp³-hybridized carbons (Fsp3) is 0.647. The lowest BCUT2D eigenvalue weighted by atomic mass is 10.1. The Balaban J connectivity index is 1.69. The van der Waals surface area contributed by atoms with Gasteiger partial charge in [-0.25, -0.2) is 4.98 Å². The zero-order valence-corrected chi connectivity index (χ0v) is 13.9. The topological polar surface area (TPSA) is 65.9 Å². The summed E-state index contributed by atoms with van der Waals surface area (Å²) in [6.45, 7) is 7.46. The number of piperazine rings is 1. The predicted octanol–water partition coefficient (Wildman–Crippen LogP) is 0.934. The fourth-order valence-corrected chi connectivity index (χ4v) is 3.39. The Morgan fingerprint density at radius 2 is 2.35 bits per heavy atom. The first-order valence-electron chi connectivity index (χ1n) is 8.37. The highest BCUT2D eigenvalue weighted by molar-refractivity contribution is 5.93. The number of carbonyl (C=O) groups is 1. The molecule has 0 aromatic carbocycles. The second kappa shape index (κ2) is 6.84. The largest absolute Gasteiger partial charge is 0.492 e. The molecule has 0 aliphatic carbocycles. The van der Waals surface area contributed by atoms with Crippen molar-refractivity contribution in [3.8, 4) is 5.75 Å². The Morgan fingerprint density at radius 1 is 1.52 bits per heavy atom. The Bertz CT molecular complexity index is 576. The highest BCUT2D eigenvalue weighted by Gasteiger charge is 2.29. The van der Waals surface area contributed by atoms with Crippen LogP contribution in [0.1, 0.15) is 36.3 Å². The molecule has 1 aromatic rings. The molecule has 3 rings (SSSR count). The van der Waals surface area contributed by atoms with E-state index in [-0.39, 0.29) is 18.1 Å². The first kappa shape index (κ1) is 16.2. The summed E-state index contributed by atoms with van der Waals surface area (Å²) in [7, 11) is 0. The van der Waals surface area contributed by atoms with Crippen molar-refractivity contribution < 1.29 is 14.6 Å². The van der Waals surface area contributed by atoms with Gasteiger partial charge in [-0.2, -0.15) is 0 Å². The Kier molecular flexibility index (Phi) is 4.82. The summed E-state index contributed by atoms with van der Waals surface area (Å²) in [6, 6.07) is 2.00. The van der Waals surface area contributed by atoms with Crippen molar-refractivity contribution in [1.29, 1.82) is 0 Å². The minimum absolute atomic E-state index is 0.0115. The first-order chi connectivity index (χ1) is 11.0. The number of hydrogen-bond acceptors (Lipinski definition) is 5. The maximum atomic E-state index is 12.8. The summed E-state index contributed by atoms with van der Waals surface area (Å²) in [4.78, 5) is 21.2. The molecule has 1 amide bonds. The van der Waals surface area contributed by atoms with E-state index >= 15 is 0 Å². The standard InChI is InChI=1S/C17H25N3O3/c1-12-10-19(11-13(2)21)5-6-20(12)17(22)15-8-14-4-3-7-23-16(14)9-18-15/h8-9,12-13,21H,3-7,10-11H2,1-2H3/t12-,13-/m0/s1. The van der Waals surface area contributed by atoms with Crippen LogP contribution in [0.15, 0.2) is 12.3 Å². The number of hydrogen-bond donors (Lipinski definition) is 1. The molecule has 0 spiro atoms. The van der Waals surface area contributed by atoms with Crippen molar-refractivity contribution in [3.63, 3.8) is 0 Å². The lowest BCUT2D eigenvalue weighted by Crippen LogP contribution is -2.55. The maximum absolute atomic E-state index is 12.8. The average molecular weight is 319 g/mol. The van der Waals surface area contributed by atoms with E-state index in [2.05, 4.69) is 9.88 Å². The second-order valence-electron chi connectivity index (χ2n) is 6.59. The van der Waals surface area contributed by atoms with Gasteiger partial charge in [-0.05, 0) is 38.3 Å². The summed E-state index contributed by atoms with van der Waals surface area (Å²) in [6.07, 6.45) is 3.26. The van der Waals surface area contributed by atoms with E-state index in [1.54, 1.807) is 13.1 Å². The van der Waals surface area contributed by atoms with E-state index in [9.17, 15) is 9.90 Å². The number of amides is 1. The summed E-state index contributed by atoms with van der Waals surface area (Å²) < 4.78 is 5.56. The van der Waals surface area contributed by atoms with Crippen molar-refractivity contribution in [1.82, 2.24) is 14.8 Å². The molecule has 1 N–H and O–H groups in total. The zero-order chi connectivity index (χ0) is 16.4. The third kappa shape index (κ3) is 3.64. The summed E-state index contributed by atoms with van der Waals surface area (Å²) >= 11 is 0. The Labute approximate surface area is 137 Å². The quantitative estimate of drug-likeness (QED) is 0.898. The molecule has 1 aromatic heterocycles. The number of aromatic nitrogens is 1. The van der Waals surface area contributed by atoms with Crippen LogP contribution in [-0.4, -0.2) is 70.7 Å². The number of aliphatic hydroxyl groups excluding tert-OH is 1. The summed E-state index contributed by atoms with van der Waals surface area (Å²) in [5.41, 5.74) is 1.58. The molecule has 6 heteroatoms. The molecule has 1 fully saturated rings. The van der Waals surface area contributed by atoms with Gasteiger partial charge in [0.1, 0.15) is 11.4 Å². The summed E-state index contributed by atoms with van der Waals surface area (Å²) in [5, 5.41) is 9.51. The number of aliphatic hydroxyl groups is 1. The van der Waals surface area contributed by atoms with E-state index in [1.165, 1.54) is 0 Å². The van der Waals surface area contributed by atoms with Crippen molar-refractivity contribution in [2.75, 3.05) is 32.8 Å². The van der Waals surface area contributed by atoms with Crippen LogP contribution in [0.3, 0.4) is 0 Å². The van der Waals surface area contributed by atoms with Gasteiger partial charge in [0.15, 0.2) is 0 Å². The zero-order valence-electron chi connectivity index (χ0n) is 13.9. The first-order valence-corrected chi connectivity index (χ1v) is 8.37. The van der Waals surface area contributed by atoms with Crippen LogP contribution >= 0.6 is 0 Å². The lowest BCUT2D eigenvalue weighted by molar-refractivity contribution is 0.0378. The molecule has 3 heterocycles. The van der Waals surface area contributed by atoms with Crippen LogP contribution in [0.5, 0.6) is 5.75 Å². The second-order valence-corrected chi connectivity index (χ2v) is 6.59. The van der Waals surface area contributed by atoms with Gasteiger partial charge in [0.25, 0.3) is 5.91 Å². The van der Waals surface area contributed by atoms with Crippen LogP contribution < -0.4 is 4.74 Å². The number of nitrogens with zero attached hydrogens (tertiary/aromatic N) is 3. The van der Waals surface area contributed by atoms with Crippen molar-refractivity contribution >= 4 is 5.91 Å². The van der Waals surface area contributed by atoms with Crippen molar-refractivity contribution in [2.24, 2.45) is 0 Å². The highest BCUT2D eigenvalue weighted by Crippen LogP contribution is 2.25. The Morgan fingerprint density at radius 3 is 3.09 bits per heavy atom. The van der Waals surface area contributed by atoms with E-state index < -0.39 is 0 Å². The van der Waals surface area contributed by atoms with Crippen LogP contribution in [0.25, 0.3) is 0 Å². The SMILES string of the molecule is C[C@H](O)CN1CCN(C(=O)c2cc3c(cn2)OCCC3)[C@@H](C)C1. The third-order valence-electron chi connectivity index (χ3n) is 4.51. The number of carbonyl (C=O) groups excluding carboxylic acids is 1. The average Bonchev–Trinajstić information content (AvgIpc) is 2.53. The third-order valence-corrected chi connectivity index (χ3v) is 4.51. The molecule has 0 unspecified atom stereocenters. The normalized spacial score (nSPS) is 23.1. The van der Waals surface area contributed by atoms with Crippen LogP contribution in [-0.2, 0) is 6.42 Å². The number of ether oxygens (including phenoxy) is 1. The Hall–Kier alpha value is -1.66. The van der Waals surface area contributed by atoms with Gasteiger partial charge >= 0.3 is 0 Å². The molecular weight excluding hydrogens is 294 g/mol. The number of rotatable bonds is 3. The molecule has 2 aliphatic heterocycles. The van der Waals surface area contributed by atoms with E-state index in [1.807, 2.05) is 17.9 Å². The molecular formula is C17H25N3O3. The number of pyridine rings is 1. The van der Waals surface area contributed by atoms with Crippen LogP contribution in [0.4, 0.5) is 0 Å². The van der Waals surface area contributed by atoms with Gasteiger partial charge in [0.2, 0.25) is 0 Å². The molecule has 1 saturated heterocycles. The monoisotopic (exact) mass is 319 g/mol. The van der Waals surface area contributed by atoms with Crippen molar-refractivity contribution in [3.05, 3.63) is 23.5 Å². The lowest BCUT2D eigenvalue weighted by Gasteiger charge is -2.40. The molecule has 2 aliphatic rings. The maximum Gasteiger partial charge on any atom is 0.272 e. The minimum atomic E-state index is -0.341. The molecule has 0 saturated carbocycles. The smallest absolute Gasteiger partial charge is 0.272 e. The van der Waals surface area contributed by atoms with Gasteiger partial charge in [0, 0.05) is 32.2 Å². The molecule has 0 bridgehead atoms. The molecule has 0 radical (unpaired) electrons. The highest BCUT2D eigenvalue weighted by atomic mass is 16.5. The predicted molar refractivity (Wildman–Crippen MR) is 86.7 cm³/mol. The van der Waals surface area contributed by atoms with Gasteiger partial charge in [-0.15, -0.1) is 0 Å². The minimum Gasteiger partial charge on any atom is -0.492 e. The number of fused-ring (bicyclic) bond motifs is 1. The number of β-amino-alcohol motifs (C(OH)–C–C–N with tert-alkyl or cyclic N) is 1. The van der Waals surface area contributed by atoms with Gasteiger partial charge in [-0.3, -0.25) is 9.69 Å². The van der Waals surface area contributed by atoms with Gasteiger partial charge in [-0.1, -0.05) is 0 Å². The molecule has 126 valence electrons. The van der Waals surface area contributed by atoms with Crippen LogP contribution in [0.2, 0.25) is 0 Å². The van der Waals surface area contributed by atoms with Crippen molar-refractivity contribution in [2.45, 2.75) is 38.8 Å².